The molecule has 1 aliphatic heterocycles. The maximum atomic E-state index is 13.1. The first-order chi connectivity index (χ1) is 16.9. The van der Waals surface area contributed by atoms with Crippen molar-refractivity contribution in [2.24, 2.45) is 0 Å². The number of hydrogen-bond donors (Lipinski definition) is 3. The Labute approximate surface area is 209 Å². The Kier molecular flexibility index (Phi) is 6.64. The quantitative estimate of drug-likeness (QED) is 0.447. The van der Waals surface area contributed by atoms with Crippen LogP contribution in [0.1, 0.15) is 47.1 Å². The molecule has 0 atom stereocenters. The van der Waals surface area contributed by atoms with Gasteiger partial charge in [-0.05, 0) is 53.4 Å². The number of sulfonamides is 1. The van der Waals surface area contributed by atoms with Crippen LogP contribution >= 0.6 is 0 Å². The van der Waals surface area contributed by atoms with Gasteiger partial charge in [0.2, 0.25) is 16.8 Å². The van der Waals surface area contributed by atoms with Crippen molar-refractivity contribution >= 4 is 38.9 Å². The van der Waals surface area contributed by atoms with E-state index in [4.69, 9.17) is 9.47 Å². The highest BCUT2D eigenvalue weighted by molar-refractivity contribution is 7.92. The van der Waals surface area contributed by atoms with E-state index < -0.39 is 21.8 Å². The molecule has 2 amide bonds. The summed E-state index contributed by atoms with van der Waals surface area (Å²) in [5.74, 6) is 0.143. The minimum absolute atomic E-state index is 0.0688. The van der Waals surface area contributed by atoms with Crippen LogP contribution < -0.4 is 24.8 Å². The van der Waals surface area contributed by atoms with Crippen LogP contribution in [-0.2, 0) is 15.4 Å². The monoisotopic (exact) mass is 509 g/mol. The van der Waals surface area contributed by atoms with Gasteiger partial charge in [0.15, 0.2) is 11.5 Å². The molecule has 0 unspecified atom stereocenters. The minimum atomic E-state index is -3.57. The molecule has 0 fully saturated rings. The third-order valence-corrected chi connectivity index (χ3v) is 6.07. The van der Waals surface area contributed by atoms with E-state index in [0.29, 0.717) is 22.7 Å². The lowest BCUT2D eigenvalue weighted by Gasteiger charge is -2.19. The van der Waals surface area contributed by atoms with Gasteiger partial charge in [-0.15, -0.1) is 0 Å². The van der Waals surface area contributed by atoms with Crippen molar-refractivity contribution < 1.29 is 27.5 Å². The lowest BCUT2D eigenvalue weighted by Crippen LogP contribution is -2.19. The van der Waals surface area contributed by atoms with Crippen molar-refractivity contribution in [3.05, 3.63) is 77.4 Å². The molecule has 9 nitrogen and oxygen atoms in total. The molecule has 0 spiro atoms. The third kappa shape index (κ3) is 5.95. The fourth-order valence-corrected chi connectivity index (χ4v) is 4.17. The second kappa shape index (κ2) is 9.54. The first-order valence-corrected chi connectivity index (χ1v) is 13.0. The van der Waals surface area contributed by atoms with E-state index in [2.05, 4.69) is 36.1 Å². The zero-order chi connectivity index (χ0) is 26.1. The Morgan fingerprint density at radius 1 is 0.806 bits per heavy atom. The van der Waals surface area contributed by atoms with Crippen LogP contribution in [0.25, 0.3) is 0 Å². The summed E-state index contributed by atoms with van der Waals surface area (Å²) < 4.78 is 36.4. The van der Waals surface area contributed by atoms with Gasteiger partial charge in [-0.1, -0.05) is 32.9 Å². The molecule has 1 heterocycles. The topological polar surface area (TPSA) is 123 Å². The summed E-state index contributed by atoms with van der Waals surface area (Å²) >= 11 is 0. The highest BCUT2D eigenvalue weighted by Gasteiger charge is 2.19. The standard InChI is InChI=1S/C26H27N3O6S/c1-26(2,3)17-7-5-16(6-8-17)24(30)28-21-13-19(29-36(4,32)33)9-11-20(21)25(31)27-18-10-12-22-23(14-18)35-15-34-22/h5-14,29H,15H2,1-4H3,(H,27,31)(H,28,30). The molecule has 3 aromatic rings. The second-order valence-corrected chi connectivity index (χ2v) is 11.2. The number of rotatable bonds is 6. The Balaban J connectivity index is 1.62. The number of amides is 2. The van der Waals surface area contributed by atoms with E-state index in [1.165, 1.54) is 18.2 Å². The molecular weight excluding hydrogens is 482 g/mol. The van der Waals surface area contributed by atoms with Gasteiger partial charge < -0.3 is 20.1 Å². The molecule has 0 bridgehead atoms. The minimum Gasteiger partial charge on any atom is -0.454 e. The lowest BCUT2D eigenvalue weighted by atomic mass is 9.86. The van der Waals surface area contributed by atoms with E-state index in [0.717, 1.165) is 11.8 Å². The van der Waals surface area contributed by atoms with E-state index in [1.807, 2.05) is 12.1 Å². The molecule has 0 saturated carbocycles. The molecule has 0 aromatic heterocycles. The predicted octanol–water partition coefficient (Wildman–Crippen LogP) is 4.59. The van der Waals surface area contributed by atoms with Crippen molar-refractivity contribution in [3.63, 3.8) is 0 Å². The molecule has 0 aliphatic carbocycles. The zero-order valence-electron chi connectivity index (χ0n) is 20.3. The maximum Gasteiger partial charge on any atom is 0.257 e. The largest absolute Gasteiger partial charge is 0.454 e. The van der Waals surface area contributed by atoms with Crippen LogP contribution in [0, 0.1) is 0 Å². The summed E-state index contributed by atoms with van der Waals surface area (Å²) in [6.07, 6.45) is 1.02. The van der Waals surface area contributed by atoms with Gasteiger partial charge in [0.05, 0.1) is 23.2 Å². The number of anilines is 3. The van der Waals surface area contributed by atoms with Crippen LogP contribution in [0.2, 0.25) is 0 Å². The zero-order valence-corrected chi connectivity index (χ0v) is 21.2. The predicted molar refractivity (Wildman–Crippen MR) is 139 cm³/mol. The number of nitrogens with one attached hydrogen (secondary N) is 3. The number of carbonyl (C=O) groups excluding carboxylic acids is 2. The highest BCUT2D eigenvalue weighted by Crippen LogP contribution is 2.34. The number of carbonyl (C=O) groups is 2. The smallest absolute Gasteiger partial charge is 0.257 e. The number of ether oxygens (including phenoxy) is 2. The summed E-state index contributed by atoms with van der Waals surface area (Å²) in [6.45, 7) is 6.34. The Morgan fingerprint density at radius 3 is 2.14 bits per heavy atom. The maximum absolute atomic E-state index is 13.1. The fourth-order valence-electron chi connectivity index (χ4n) is 3.61. The third-order valence-electron chi connectivity index (χ3n) is 5.46. The Morgan fingerprint density at radius 2 is 1.47 bits per heavy atom. The van der Waals surface area contributed by atoms with Gasteiger partial charge in [-0.3, -0.25) is 14.3 Å². The first-order valence-electron chi connectivity index (χ1n) is 11.1. The van der Waals surface area contributed by atoms with E-state index in [-0.39, 0.29) is 29.1 Å². The summed E-state index contributed by atoms with van der Waals surface area (Å²) in [7, 11) is -3.57. The van der Waals surface area contributed by atoms with Crippen molar-refractivity contribution in [1.29, 1.82) is 0 Å². The number of hydrogen-bond acceptors (Lipinski definition) is 6. The van der Waals surface area contributed by atoms with Gasteiger partial charge in [-0.2, -0.15) is 0 Å². The van der Waals surface area contributed by atoms with E-state index >= 15 is 0 Å². The average Bonchev–Trinajstić information content (AvgIpc) is 3.25. The number of fused-ring (bicyclic) bond motifs is 1. The van der Waals surface area contributed by atoms with Crippen molar-refractivity contribution in [2.45, 2.75) is 26.2 Å². The normalized spacial score (nSPS) is 12.7. The molecule has 3 N–H and O–H groups in total. The molecular formula is C26H27N3O6S. The van der Waals surface area contributed by atoms with Crippen LogP contribution in [0.5, 0.6) is 11.5 Å². The molecule has 3 aromatic carbocycles. The molecule has 0 saturated heterocycles. The van der Waals surface area contributed by atoms with Crippen molar-refractivity contribution in [1.82, 2.24) is 0 Å². The molecule has 36 heavy (non-hydrogen) atoms. The van der Waals surface area contributed by atoms with Crippen LogP contribution in [0.4, 0.5) is 17.1 Å². The highest BCUT2D eigenvalue weighted by atomic mass is 32.2. The van der Waals surface area contributed by atoms with Gasteiger partial charge in [0.25, 0.3) is 11.8 Å². The first kappa shape index (κ1) is 25.1. The van der Waals surface area contributed by atoms with Gasteiger partial charge >= 0.3 is 0 Å². The van der Waals surface area contributed by atoms with Crippen LogP contribution in [-0.4, -0.2) is 33.3 Å². The summed E-state index contributed by atoms with van der Waals surface area (Å²) in [5, 5.41) is 5.51. The van der Waals surface area contributed by atoms with Gasteiger partial charge in [0, 0.05) is 17.3 Å². The summed E-state index contributed by atoms with van der Waals surface area (Å²) in [5.41, 5.74) is 2.36. The molecule has 188 valence electrons. The van der Waals surface area contributed by atoms with Crippen LogP contribution in [0.3, 0.4) is 0 Å². The summed E-state index contributed by atoms with van der Waals surface area (Å²) in [6, 6.07) is 16.4. The van der Waals surface area contributed by atoms with Crippen LogP contribution in [0.15, 0.2) is 60.7 Å². The van der Waals surface area contributed by atoms with Crippen molar-refractivity contribution in [3.8, 4) is 11.5 Å². The SMILES string of the molecule is CC(C)(C)c1ccc(C(=O)Nc2cc(NS(C)(=O)=O)ccc2C(=O)Nc2ccc3c(c2)OCO3)cc1. The van der Waals surface area contributed by atoms with E-state index in [1.54, 1.807) is 30.3 Å². The second-order valence-electron chi connectivity index (χ2n) is 9.44. The Hall–Kier alpha value is -4.05. The average molecular weight is 510 g/mol. The molecule has 1 aliphatic rings. The lowest BCUT2D eigenvalue weighted by molar-refractivity contribution is 0.102. The summed E-state index contributed by atoms with van der Waals surface area (Å²) in [4.78, 5) is 26.2. The fraction of sp³-hybridized carbons (Fsp3) is 0.231. The number of benzene rings is 3. The molecule has 4 rings (SSSR count). The molecule has 0 radical (unpaired) electrons. The van der Waals surface area contributed by atoms with E-state index in [9.17, 15) is 18.0 Å². The Bertz CT molecular complexity index is 1430. The van der Waals surface area contributed by atoms with Crippen molar-refractivity contribution in [2.75, 3.05) is 28.4 Å². The van der Waals surface area contributed by atoms with Gasteiger partial charge in [-0.25, -0.2) is 8.42 Å². The van der Waals surface area contributed by atoms with Gasteiger partial charge in [0.1, 0.15) is 0 Å². The molecule has 10 heteroatoms.